The number of amides is 1. The zero-order chi connectivity index (χ0) is 16.8. The SMILES string of the molecule is CCOc1ccc2ccccc2c1CNCCCN1CCCC1=O.Cl. The number of hydrogen-bond donors (Lipinski definition) is 1. The molecule has 2 aromatic rings. The van der Waals surface area contributed by atoms with E-state index in [0.717, 1.165) is 51.2 Å². The van der Waals surface area contributed by atoms with Crippen molar-refractivity contribution in [1.29, 1.82) is 0 Å². The molecule has 3 rings (SSSR count). The zero-order valence-electron chi connectivity index (χ0n) is 14.8. The Hall–Kier alpha value is -1.78. The third kappa shape index (κ3) is 4.86. The Morgan fingerprint density at radius 2 is 2.04 bits per heavy atom. The Morgan fingerprint density at radius 3 is 2.80 bits per heavy atom. The number of likely N-dealkylation sites (tertiary alicyclic amines) is 1. The summed E-state index contributed by atoms with van der Waals surface area (Å²) >= 11 is 0. The molecule has 0 radical (unpaired) electrons. The Kier molecular flexibility index (Phi) is 7.53. The topological polar surface area (TPSA) is 41.6 Å². The fraction of sp³-hybridized carbons (Fsp3) is 0.450. The molecular weight excluding hydrogens is 336 g/mol. The zero-order valence-corrected chi connectivity index (χ0v) is 15.6. The summed E-state index contributed by atoms with van der Waals surface area (Å²) in [4.78, 5) is 13.6. The molecule has 0 aliphatic carbocycles. The van der Waals surface area contributed by atoms with Gasteiger partial charge in [-0.3, -0.25) is 4.79 Å². The van der Waals surface area contributed by atoms with Crippen molar-refractivity contribution >= 4 is 29.1 Å². The van der Waals surface area contributed by atoms with E-state index in [0.29, 0.717) is 12.5 Å². The molecule has 1 saturated heterocycles. The first-order valence-corrected chi connectivity index (χ1v) is 8.91. The Bertz CT molecular complexity index is 705. The minimum atomic E-state index is 0. The molecule has 0 aromatic heterocycles. The molecule has 1 amide bonds. The van der Waals surface area contributed by atoms with Crippen molar-refractivity contribution in [2.45, 2.75) is 32.7 Å². The number of fused-ring (bicyclic) bond motifs is 1. The van der Waals surface area contributed by atoms with Crippen LogP contribution >= 0.6 is 12.4 Å². The fourth-order valence-electron chi connectivity index (χ4n) is 3.34. The summed E-state index contributed by atoms with van der Waals surface area (Å²) in [5.41, 5.74) is 1.21. The van der Waals surface area contributed by atoms with Gasteiger partial charge in [-0.25, -0.2) is 0 Å². The third-order valence-corrected chi connectivity index (χ3v) is 4.55. The third-order valence-electron chi connectivity index (χ3n) is 4.55. The molecular formula is C20H27ClN2O2. The maximum Gasteiger partial charge on any atom is 0.222 e. The van der Waals surface area contributed by atoms with Crippen molar-refractivity contribution in [3.8, 4) is 5.75 Å². The Morgan fingerprint density at radius 1 is 1.20 bits per heavy atom. The normalized spacial score (nSPS) is 14.0. The van der Waals surface area contributed by atoms with Gasteiger partial charge in [0, 0.05) is 31.6 Å². The van der Waals surface area contributed by atoms with Gasteiger partial charge in [-0.2, -0.15) is 0 Å². The minimum absolute atomic E-state index is 0. The molecule has 0 unspecified atom stereocenters. The maximum absolute atomic E-state index is 11.6. The van der Waals surface area contributed by atoms with Gasteiger partial charge in [0.15, 0.2) is 0 Å². The van der Waals surface area contributed by atoms with Gasteiger partial charge in [0.05, 0.1) is 6.61 Å². The second kappa shape index (κ2) is 9.64. The Labute approximate surface area is 155 Å². The number of benzene rings is 2. The summed E-state index contributed by atoms with van der Waals surface area (Å²) in [6.45, 7) is 6.15. The van der Waals surface area contributed by atoms with E-state index in [1.807, 2.05) is 11.8 Å². The lowest BCUT2D eigenvalue weighted by molar-refractivity contribution is -0.127. The summed E-state index contributed by atoms with van der Waals surface area (Å²) < 4.78 is 5.80. The summed E-state index contributed by atoms with van der Waals surface area (Å²) in [7, 11) is 0. The summed E-state index contributed by atoms with van der Waals surface area (Å²) in [6, 6.07) is 12.6. The number of carbonyl (C=O) groups is 1. The number of nitrogens with one attached hydrogen (secondary N) is 1. The molecule has 0 atom stereocenters. The van der Waals surface area contributed by atoms with Crippen LogP contribution in [0.3, 0.4) is 0 Å². The average Bonchev–Trinajstić information content (AvgIpc) is 3.01. The molecule has 1 aliphatic heterocycles. The summed E-state index contributed by atoms with van der Waals surface area (Å²) in [5, 5.41) is 5.99. The van der Waals surface area contributed by atoms with Crippen molar-refractivity contribution in [2.24, 2.45) is 0 Å². The van der Waals surface area contributed by atoms with E-state index in [1.54, 1.807) is 0 Å². The average molecular weight is 363 g/mol. The van der Waals surface area contributed by atoms with Gasteiger partial charge in [-0.15, -0.1) is 12.4 Å². The largest absolute Gasteiger partial charge is 0.494 e. The van der Waals surface area contributed by atoms with Crippen LogP contribution in [-0.2, 0) is 11.3 Å². The van der Waals surface area contributed by atoms with Crippen LogP contribution in [0.4, 0.5) is 0 Å². The highest BCUT2D eigenvalue weighted by Crippen LogP contribution is 2.28. The number of nitrogens with zero attached hydrogens (tertiary/aromatic N) is 1. The van der Waals surface area contributed by atoms with Gasteiger partial charge in [0.25, 0.3) is 0 Å². The van der Waals surface area contributed by atoms with E-state index < -0.39 is 0 Å². The number of halogens is 1. The number of hydrogen-bond acceptors (Lipinski definition) is 3. The van der Waals surface area contributed by atoms with Crippen LogP contribution in [0, 0.1) is 0 Å². The molecule has 4 nitrogen and oxygen atoms in total. The molecule has 1 N–H and O–H groups in total. The first-order valence-electron chi connectivity index (χ1n) is 8.91. The minimum Gasteiger partial charge on any atom is -0.494 e. The first-order chi connectivity index (χ1) is 11.8. The molecule has 25 heavy (non-hydrogen) atoms. The van der Waals surface area contributed by atoms with Crippen molar-refractivity contribution in [3.63, 3.8) is 0 Å². The van der Waals surface area contributed by atoms with Crippen molar-refractivity contribution in [2.75, 3.05) is 26.2 Å². The van der Waals surface area contributed by atoms with E-state index in [9.17, 15) is 4.79 Å². The van der Waals surface area contributed by atoms with Crippen LogP contribution in [0.1, 0.15) is 31.7 Å². The highest BCUT2D eigenvalue weighted by molar-refractivity contribution is 5.87. The van der Waals surface area contributed by atoms with E-state index in [2.05, 4.69) is 41.7 Å². The molecule has 136 valence electrons. The van der Waals surface area contributed by atoms with Gasteiger partial charge >= 0.3 is 0 Å². The maximum atomic E-state index is 11.6. The quantitative estimate of drug-likeness (QED) is 0.727. The number of ether oxygens (including phenoxy) is 1. The Balaban J connectivity index is 0.00000225. The molecule has 1 fully saturated rings. The van der Waals surface area contributed by atoms with E-state index >= 15 is 0 Å². The number of rotatable bonds is 8. The lowest BCUT2D eigenvalue weighted by atomic mass is 10.0. The van der Waals surface area contributed by atoms with Crippen LogP contribution < -0.4 is 10.1 Å². The molecule has 0 bridgehead atoms. The lowest BCUT2D eigenvalue weighted by Gasteiger charge is -2.16. The van der Waals surface area contributed by atoms with E-state index in [1.165, 1.54) is 16.3 Å². The highest BCUT2D eigenvalue weighted by Gasteiger charge is 2.18. The molecule has 5 heteroatoms. The van der Waals surface area contributed by atoms with Crippen LogP contribution in [0.25, 0.3) is 10.8 Å². The van der Waals surface area contributed by atoms with E-state index in [-0.39, 0.29) is 12.4 Å². The molecule has 0 spiro atoms. The van der Waals surface area contributed by atoms with Crippen LogP contribution in [-0.4, -0.2) is 37.0 Å². The van der Waals surface area contributed by atoms with Crippen molar-refractivity contribution in [1.82, 2.24) is 10.2 Å². The molecule has 1 aliphatic rings. The van der Waals surface area contributed by atoms with Gasteiger partial charge in [-0.1, -0.05) is 30.3 Å². The smallest absolute Gasteiger partial charge is 0.222 e. The first kappa shape index (κ1) is 19.5. The van der Waals surface area contributed by atoms with Crippen molar-refractivity contribution in [3.05, 3.63) is 42.0 Å². The van der Waals surface area contributed by atoms with Crippen LogP contribution in [0.2, 0.25) is 0 Å². The van der Waals surface area contributed by atoms with Crippen LogP contribution in [0.5, 0.6) is 5.75 Å². The summed E-state index contributed by atoms with van der Waals surface area (Å²) in [5.74, 6) is 1.26. The summed E-state index contributed by atoms with van der Waals surface area (Å²) in [6.07, 6.45) is 2.72. The molecule has 0 saturated carbocycles. The van der Waals surface area contributed by atoms with Gasteiger partial charge in [0.1, 0.15) is 5.75 Å². The fourth-order valence-corrected chi connectivity index (χ4v) is 3.34. The van der Waals surface area contributed by atoms with Gasteiger partial charge < -0.3 is 15.0 Å². The molecule has 2 aromatic carbocycles. The van der Waals surface area contributed by atoms with E-state index in [4.69, 9.17) is 4.74 Å². The second-order valence-electron chi connectivity index (χ2n) is 6.21. The van der Waals surface area contributed by atoms with Gasteiger partial charge in [-0.05, 0) is 43.1 Å². The second-order valence-corrected chi connectivity index (χ2v) is 6.21. The molecule has 1 heterocycles. The predicted octanol–water partition coefficient (Wildman–Crippen LogP) is 3.76. The lowest BCUT2D eigenvalue weighted by Crippen LogP contribution is -2.28. The monoisotopic (exact) mass is 362 g/mol. The van der Waals surface area contributed by atoms with Gasteiger partial charge in [0.2, 0.25) is 5.91 Å². The highest BCUT2D eigenvalue weighted by atomic mass is 35.5. The predicted molar refractivity (Wildman–Crippen MR) is 105 cm³/mol. The number of carbonyl (C=O) groups excluding carboxylic acids is 1. The standard InChI is InChI=1S/C20H26N2O2.ClH/c1-2-24-19-11-10-16-7-3-4-8-17(16)18(19)15-21-12-6-14-22-13-5-9-20(22)23;/h3-4,7-8,10-11,21H,2,5-6,9,12-15H2,1H3;1H. The van der Waals surface area contributed by atoms with Crippen molar-refractivity contribution < 1.29 is 9.53 Å². The van der Waals surface area contributed by atoms with Crippen LogP contribution in [0.15, 0.2) is 36.4 Å².